The summed E-state index contributed by atoms with van der Waals surface area (Å²) in [6.07, 6.45) is 0. The van der Waals surface area contributed by atoms with Gasteiger partial charge in [0.1, 0.15) is 0 Å². The average Bonchev–Trinajstić information content (AvgIpc) is 2.73. The summed E-state index contributed by atoms with van der Waals surface area (Å²) in [5.41, 5.74) is 0.613. The van der Waals surface area contributed by atoms with Crippen LogP contribution in [0.25, 0.3) is 16.7 Å². The molecule has 0 spiro atoms. The first kappa shape index (κ1) is 11.2. The number of hydrogen-bond donors (Lipinski definition) is 1. The van der Waals surface area contributed by atoms with Crippen molar-refractivity contribution in [2.24, 2.45) is 0 Å². The fourth-order valence-corrected chi connectivity index (χ4v) is 2.28. The summed E-state index contributed by atoms with van der Waals surface area (Å²) in [5.74, 6) is 1.12. The van der Waals surface area contributed by atoms with Gasteiger partial charge in [-0.05, 0) is 18.2 Å². The van der Waals surface area contributed by atoms with Gasteiger partial charge in [-0.3, -0.25) is 9.78 Å². The van der Waals surface area contributed by atoms with Gasteiger partial charge in [-0.1, -0.05) is 15.9 Å². The van der Waals surface area contributed by atoms with E-state index in [1.807, 2.05) is 35.5 Å². The summed E-state index contributed by atoms with van der Waals surface area (Å²) in [6, 6.07) is 5.55. The molecule has 18 heavy (non-hydrogen) atoms. The fraction of sp³-hybridized carbons (Fsp3) is 0.182. The zero-order valence-electron chi connectivity index (χ0n) is 9.81. The maximum Gasteiger partial charge on any atom is 0.260 e. The predicted octanol–water partition coefficient (Wildman–Crippen LogP) is 1.40. The number of H-pyrrole nitrogens is 1. The molecule has 6 nitrogen and oxygen atoms in total. The molecule has 3 rings (SSSR count). The van der Waals surface area contributed by atoms with Crippen molar-refractivity contribution in [2.75, 3.05) is 19.0 Å². The molecule has 1 aromatic carbocycles. The quantitative estimate of drug-likeness (QED) is 0.738. The summed E-state index contributed by atoms with van der Waals surface area (Å²) < 4.78 is 2.68. The van der Waals surface area contributed by atoms with E-state index in [9.17, 15) is 4.79 Å². The van der Waals surface area contributed by atoms with Crippen LogP contribution in [0.3, 0.4) is 0 Å². The van der Waals surface area contributed by atoms with E-state index in [2.05, 4.69) is 31.1 Å². The maximum absolute atomic E-state index is 12.0. The third kappa shape index (κ3) is 1.51. The van der Waals surface area contributed by atoms with Crippen LogP contribution in [0.5, 0.6) is 0 Å². The second kappa shape index (κ2) is 3.81. The first-order chi connectivity index (χ1) is 8.58. The van der Waals surface area contributed by atoms with Crippen molar-refractivity contribution >= 4 is 38.6 Å². The van der Waals surface area contributed by atoms with E-state index >= 15 is 0 Å². The highest BCUT2D eigenvalue weighted by atomic mass is 79.9. The van der Waals surface area contributed by atoms with Gasteiger partial charge in [-0.15, -0.1) is 10.2 Å². The van der Waals surface area contributed by atoms with Crippen LogP contribution in [-0.4, -0.2) is 33.7 Å². The van der Waals surface area contributed by atoms with Crippen molar-refractivity contribution in [3.05, 3.63) is 33.0 Å². The molecule has 0 bridgehead atoms. The lowest BCUT2D eigenvalue weighted by Crippen LogP contribution is -2.15. The Kier molecular flexibility index (Phi) is 2.37. The van der Waals surface area contributed by atoms with Crippen LogP contribution in [0, 0.1) is 0 Å². The Bertz CT molecular complexity index is 804. The largest absolute Gasteiger partial charge is 0.347 e. The molecule has 92 valence electrons. The van der Waals surface area contributed by atoms with Gasteiger partial charge in [0.2, 0.25) is 11.7 Å². The standard InChI is InChI=1S/C11H10BrN5O/c1-16(2)11-15-14-10-13-9(18)7-5-6(12)3-4-8(7)17(10)11/h3-5H,1-2H3,(H,13,14,18). The second-order valence-corrected chi connectivity index (χ2v) is 5.08. The van der Waals surface area contributed by atoms with Crippen molar-refractivity contribution in [1.29, 1.82) is 0 Å². The minimum atomic E-state index is -0.170. The van der Waals surface area contributed by atoms with Crippen molar-refractivity contribution in [1.82, 2.24) is 19.6 Å². The van der Waals surface area contributed by atoms with Crippen molar-refractivity contribution < 1.29 is 0 Å². The number of nitrogens with zero attached hydrogens (tertiary/aromatic N) is 4. The number of rotatable bonds is 1. The molecule has 0 aliphatic carbocycles. The third-order valence-corrected chi connectivity index (χ3v) is 3.21. The van der Waals surface area contributed by atoms with E-state index in [0.29, 0.717) is 17.1 Å². The summed E-state index contributed by atoms with van der Waals surface area (Å²) in [5, 5.41) is 8.64. The lowest BCUT2D eigenvalue weighted by atomic mass is 10.2. The Morgan fingerprint density at radius 1 is 1.33 bits per heavy atom. The smallest absolute Gasteiger partial charge is 0.260 e. The Morgan fingerprint density at radius 3 is 2.83 bits per heavy atom. The van der Waals surface area contributed by atoms with Gasteiger partial charge in [-0.25, -0.2) is 4.40 Å². The number of anilines is 1. The van der Waals surface area contributed by atoms with Gasteiger partial charge in [0.05, 0.1) is 10.9 Å². The number of fused-ring (bicyclic) bond motifs is 3. The zero-order valence-corrected chi connectivity index (χ0v) is 11.4. The normalized spacial score (nSPS) is 11.3. The Balaban J connectivity index is 2.57. The lowest BCUT2D eigenvalue weighted by molar-refractivity contribution is 0.983. The van der Waals surface area contributed by atoms with Gasteiger partial charge in [0.15, 0.2) is 0 Å². The summed E-state index contributed by atoms with van der Waals surface area (Å²) in [6.45, 7) is 0. The highest BCUT2D eigenvalue weighted by Crippen LogP contribution is 2.20. The zero-order chi connectivity index (χ0) is 12.9. The molecule has 2 aromatic heterocycles. The molecule has 7 heteroatoms. The summed E-state index contributed by atoms with van der Waals surface area (Å²) in [4.78, 5) is 16.5. The Morgan fingerprint density at radius 2 is 2.11 bits per heavy atom. The topological polar surface area (TPSA) is 66.3 Å². The SMILES string of the molecule is CN(C)c1nnc2[nH]c(=O)c3cc(Br)ccc3n12. The predicted molar refractivity (Wildman–Crippen MR) is 73.1 cm³/mol. The van der Waals surface area contributed by atoms with Crippen LogP contribution in [0.15, 0.2) is 27.5 Å². The minimum absolute atomic E-state index is 0.170. The van der Waals surface area contributed by atoms with Crippen molar-refractivity contribution in [3.63, 3.8) is 0 Å². The van der Waals surface area contributed by atoms with Gasteiger partial charge in [-0.2, -0.15) is 0 Å². The van der Waals surface area contributed by atoms with Crippen LogP contribution < -0.4 is 10.5 Å². The highest BCUT2D eigenvalue weighted by molar-refractivity contribution is 9.10. The van der Waals surface area contributed by atoms with Crippen molar-refractivity contribution in [3.8, 4) is 0 Å². The van der Waals surface area contributed by atoms with E-state index in [0.717, 1.165) is 9.99 Å². The molecule has 3 aromatic rings. The molecule has 2 heterocycles. The number of halogens is 1. The molecule has 0 saturated carbocycles. The van der Waals surface area contributed by atoms with Gasteiger partial charge in [0.25, 0.3) is 5.56 Å². The molecule has 0 fully saturated rings. The first-order valence-corrected chi connectivity index (χ1v) is 6.11. The van der Waals surface area contributed by atoms with Crippen LogP contribution in [0.1, 0.15) is 0 Å². The lowest BCUT2D eigenvalue weighted by Gasteiger charge is -2.10. The van der Waals surface area contributed by atoms with E-state index in [1.54, 1.807) is 6.07 Å². The summed E-state index contributed by atoms with van der Waals surface area (Å²) >= 11 is 3.37. The van der Waals surface area contributed by atoms with E-state index in [4.69, 9.17) is 0 Å². The molecule has 0 aliphatic heterocycles. The average molecular weight is 308 g/mol. The minimum Gasteiger partial charge on any atom is -0.347 e. The summed E-state index contributed by atoms with van der Waals surface area (Å²) in [7, 11) is 3.76. The number of hydrogen-bond acceptors (Lipinski definition) is 4. The van der Waals surface area contributed by atoms with Crippen molar-refractivity contribution in [2.45, 2.75) is 0 Å². The monoisotopic (exact) mass is 307 g/mol. The number of aromatic amines is 1. The maximum atomic E-state index is 12.0. The molecule has 0 radical (unpaired) electrons. The van der Waals surface area contributed by atoms with Gasteiger partial charge >= 0.3 is 0 Å². The number of aromatic nitrogens is 4. The Hall–Kier alpha value is -1.89. The molecule has 0 unspecified atom stereocenters. The van der Waals surface area contributed by atoms with Gasteiger partial charge in [0, 0.05) is 18.6 Å². The first-order valence-electron chi connectivity index (χ1n) is 5.32. The van der Waals surface area contributed by atoms with Crippen LogP contribution in [0.2, 0.25) is 0 Å². The highest BCUT2D eigenvalue weighted by Gasteiger charge is 2.12. The number of benzene rings is 1. The fourth-order valence-electron chi connectivity index (χ4n) is 1.92. The molecule has 0 saturated heterocycles. The Labute approximate surface area is 110 Å². The second-order valence-electron chi connectivity index (χ2n) is 4.17. The van der Waals surface area contributed by atoms with Crippen LogP contribution >= 0.6 is 15.9 Å². The van der Waals surface area contributed by atoms with Gasteiger partial charge < -0.3 is 4.90 Å². The third-order valence-electron chi connectivity index (χ3n) is 2.72. The van der Waals surface area contributed by atoms with Crippen LogP contribution in [-0.2, 0) is 0 Å². The molecule has 0 amide bonds. The molecule has 1 N–H and O–H groups in total. The van der Waals surface area contributed by atoms with E-state index in [1.165, 1.54) is 0 Å². The van der Waals surface area contributed by atoms with E-state index in [-0.39, 0.29) is 5.56 Å². The molecular weight excluding hydrogens is 298 g/mol. The van der Waals surface area contributed by atoms with E-state index < -0.39 is 0 Å². The van der Waals surface area contributed by atoms with Crippen LogP contribution in [0.4, 0.5) is 5.95 Å². The molecule has 0 aliphatic rings. The molecular formula is C11H10BrN5O. The molecule has 0 atom stereocenters. The number of nitrogens with one attached hydrogen (secondary N) is 1.